The van der Waals surface area contributed by atoms with Gasteiger partial charge < -0.3 is 5.73 Å². The fourth-order valence-corrected chi connectivity index (χ4v) is 3.51. The highest BCUT2D eigenvalue weighted by atomic mass is 32.1. The van der Waals surface area contributed by atoms with Gasteiger partial charge in [-0.3, -0.25) is 5.10 Å². The normalized spacial score (nSPS) is 19.3. The Morgan fingerprint density at radius 3 is 3.00 bits per heavy atom. The van der Waals surface area contributed by atoms with Crippen LogP contribution in [0.25, 0.3) is 10.2 Å². The van der Waals surface area contributed by atoms with Gasteiger partial charge >= 0.3 is 0 Å². The summed E-state index contributed by atoms with van der Waals surface area (Å²) in [6, 6.07) is 2.14. The molecule has 1 aliphatic rings. The molecule has 1 aliphatic carbocycles. The van der Waals surface area contributed by atoms with E-state index in [2.05, 4.69) is 23.2 Å². The van der Waals surface area contributed by atoms with Crippen LogP contribution in [0.5, 0.6) is 0 Å². The molecule has 1 fully saturated rings. The Bertz CT molecular complexity index is 487. The third-order valence-corrected chi connectivity index (χ3v) is 4.64. The molecule has 15 heavy (non-hydrogen) atoms. The summed E-state index contributed by atoms with van der Waals surface area (Å²) in [7, 11) is 0. The molecule has 1 saturated carbocycles. The van der Waals surface area contributed by atoms with Gasteiger partial charge in [0.2, 0.25) is 0 Å². The number of thiophene rings is 1. The summed E-state index contributed by atoms with van der Waals surface area (Å²) in [6.07, 6.45) is 3.71. The van der Waals surface area contributed by atoms with Gasteiger partial charge in [-0.25, -0.2) is 0 Å². The number of aromatic amines is 1. The van der Waals surface area contributed by atoms with Crippen LogP contribution in [0.1, 0.15) is 29.8 Å². The second-order valence-electron chi connectivity index (χ2n) is 4.51. The van der Waals surface area contributed by atoms with E-state index < -0.39 is 0 Å². The summed E-state index contributed by atoms with van der Waals surface area (Å²) in [6.45, 7) is 2.87. The van der Waals surface area contributed by atoms with E-state index in [1.807, 2.05) is 11.3 Å². The highest BCUT2D eigenvalue weighted by molar-refractivity contribution is 7.19. The Balaban J connectivity index is 2.17. The number of aromatic nitrogens is 2. The molecular formula is C11H15N3S. The van der Waals surface area contributed by atoms with Crippen molar-refractivity contribution < 1.29 is 0 Å². The van der Waals surface area contributed by atoms with Crippen molar-refractivity contribution in [2.75, 3.05) is 6.54 Å². The number of rotatable bonds is 2. The fourth-order valence-electron chi connectivity index (χ4n) is 2.45. The first-order valence-corrected chi connectivity index (χ1v) is 6.22. The molecule has 0 atom stereocenters. The van der Waals surface area contributed by atoms with E-state index in [4.69, 9.17) is 5.73 Å². The number of aryl methyl sites for hydroxylation is 1. The van der Waals surface area contributed by atoms with Crippen LogP contribution in [0.3, 0.4) is 0 Å². The van der Waals surface area contributed by atoms with Crippen molar-refractivity contribution in [2.24, 2.45) is 5.73 Å². The van der Waals surface area contributed by atoms with Crippen LogP contribution in [-0.4, -0.2) is 16.7 Å². The maximum absolute atomic E-state index is 5.91. The first-order chi connectivity index (χ1) is 7.25. The van der Waals surface area contributed by atoms with E-state index in [1.54, 1.807) is 0 Å². The first kappa shape index (κ1) is 9.36. The van der Waals surface area contributed by atoms with E-state index >= 15 is 0 Å². The minimum atomic E-state index is 0.200. The average Bonchev–Trinajstić information content (AvgIpc) is 2.65. The van der Waals surface area contributed by atoms with Crippen molar-refractivity contribution in [2.45, 2.75) is 31.6 Å². The number of nitrogens with two attached hydrogens (primary N) is 1. The molecule has 2 aromatic heterocycles. The second kappa shape index (κ2) is 3.06. The quantitative estimate of drug-likeness (QED) is 0.817. The van der Waals surface area contributed by atoms with Gasteiger partial charge in [-0.1, -0.05) is 6.42 Å². The van der Waals surface area contributed by atoms with Crippen LogP contribution < -0.4 is 5.73 Å². The summed E-state index contributed by atoms with van der Waals surface area (Å²) >= 11 is 1.83. The van der Waals surface area contributed by atoms with Crippen molar-refractivity contribution in [1.29, 1.82) is 0 Å². The minimum absolute atomic E-state index is 0.200. The molecule has 0 amide bonds. The zero-order chi connectivity index (χ0) is 10.5. The van der Waals surface area contributed by atoms with Gasteiger partial charge in [0.25, 0.3) is 0 Å². The molecule has 0 aromatic carbocycles. The number of nitrogens with zero attached hydrogens (tertiary/aromatic N) is 1. The number of nitrogens with one attached hydrogen (secondary N) is 1. The molecule has 3 rings (SSSR count). The van der Waals surface area contributed by atoms with Gasteiger partial charge in [0, 0.05) is 16.8 Å². The van der Waals surface area contributed by atoms with Crippen molar-refractivity contribution in [3.8, 4) is 0 Å². The SMILES string of the molecule is Cc1cc2n[nH]c(C3(CN)CCC3)c2s1. The first-order valence-electron chi connectivity index (χ1n) is 5.40. The maximum atomic E-state index is 5.91. The molecule has 3 nitrogen and oxygen atoms in total. The van der Waals surface area contributed by atoms with Crippen LogP contribution in [-0.2, 0) is 5.41 Å². The lowest BCUT2D eigenvalue weighted by atomic mass is 9.66. The highest BCUT2D eigenvalue weighted by Gasteiger charge is 2.40. The molecule has 0 aliphatic heterocycles. The topological polar surface area (TPSA) is 54.7 Å². The smallest absolute Gasteiger partial charge is 0.103 e. The monoisotopic (exact) mass is 221 g/mol. The van der Waals surface area contributed by atoms with Crippen molar-refractivity contribution >= 4 is 21.6 Å². The van der Waals surface area contributed by atoms with E-state index in [0.717, 1.165) is 12.1 Å². The molecule has 0 bridgehead atoms. The number of hydrogen-bond donors (Lipinski definition) is 2. The molecule has 2 aromatic rings. The van der Waals surface area contributed by atoms with Gasteiger partial charge in [-0.2, -0.15) is 5.10 Å². The molecule has 0 unspecified atom stereocenters. The van der Waals surface area contributed by atoms with Crippen LogP contribution in [0, 0.1) is 6.92 Å². The lowest BCUT2D eigenvalue weighted by Crippen LogP contribution is -2.41. The molecule has 0 saturated heterocycles. The predicted octanol–water partition coefficient (Wildman–Crippen LogP) is 2.31. The summed E-state index contributed by atoms with van der Waals surface area (Å²) in [5.41, 5.74) is 8.50. The highest BCUT2D eigenvalue weighted by Crippen LogP contribution is 2.45. The van der Waals surface area contributed by atoms with E-state index in [0.29, 0.717) is 0 Å². The van der Waals surface area contributed by atoms with E-state index in [-0.39, 0.29) is 5.41 Å². The number of hydrogen-bond acceptors (Lipinski definition) is 3. The number of H-pyrrole nitrogens is 1. The van der Waals surface area contributed by atoms with Gasteiger partial charge in [0.05, 0.1) is 10.4 Å². The maximum Gasteiger partial charge on any atom is 0.103 e. The lowest BCUT2D eigenvalue weighted by molar-refractivity contribution is 0.248. The van der Waals surface area contributed by atoms with Crippen LogP contribution >= 0.6 is 11.3 Å². The Labute approximate surface area is 92.7 Å². The minimum Gasteiger partial charge on any atom is -0.330 e. The predicted molar refractivity (Wildman–Crippen MR) is 63.3 cm³/mol. The molecule has 80 valence electrons. The molecule has 3 N–H and O–H groups in total. The molecule has 0 radical (unpaired) electrons. The van der Waals surface area contributed by atoms with E-state index in [1.165, 1.54) is 34.5 Å². The zero-order valence-electron chi connectivity index (χ0n) is 8.84. The molecule has 4 heteroatoms. The fraction of sp³-hybridized carbons (Fsp3) is 0.545. The molecule has 2 heterocycles. The van der Waals surface area contributed by atoms with Crippen molar-refractivity contribution in [3.05, 3.63) is 16.6 Å². The van der Waals surface area contributed by atoms with E-state index in [9.17, 15) is 0 Å². The number of fused-ring (bicyclic) bond motifs is 1. The van der Waals surface area contributed by atoms with Gasteiger partial charge in [0.1, 0.15) is 5.52 Å². The Hall–Kier alpha value is -0.870. The summed E-state index contributed by atoms with van der Waals surface area (Å²) in [5, 5.41) is 7.56. The Morgan fingerprint density at radius 1 is 1.60 bits per heavy atom. The third-order valence-electron chi connectivity index (χ3n) is 3.58. The van der Waals surface area contributed by atoms with Gasteiger partial charge in [-0.15, -0.1) is 11.3 Å². The third kappa shape index (κ3) is 1.18. The largest absolute Gasteiger partial charge is 0.330 e. The Morgan fingerprint density at radius 2 is 2.40 bits per heavy atom. The summed E-state index contributed by atoms with van der Waals surface area (Å²) in [4.78, 5) is 1.33. The second-order valence-corrected chi connectivity index (χ2v) is 5.76. The van der Waals surface area contributed by atoms with Crippen LogP contribution in [0.2, 0.25) is 0 Å². The van der Waals surface area contributed by atoms with Crippen LogP contribution in [0.4, 0.5) is 0 Å². The van der Waals surface area contributed by atoms with Crippen LogP contribution in [0.15, 0.2) is 6.07 Å². The van der Waals surface area contributed by atoms with Crippen molar-refractivity contribution in [3.63, 3.8) is 0 Å². The standard InChI is InChI=1S/C11H15N3S/c1-7-5-8-9(15-7)10(14-13-8)11(6-12)3-2-4-11/h5H,2-4,6,12H2,1H3,(H,13,14). The summed E-state index contributed by atoms with van der Waals surface area (Å²) in [5.74, 6) is 0. The van der Waals surface area contributed by atoms with Gasteiger partial charge in [-0.05, 0) is 25.8 Å². The lowest BCUT2D eigenvalue weighted by Gasteiger charge is -2.39. The average molecular weight is 221 g/mol. The molecule has 0 spiro atoms. The zero-order valence-corrected chi connectivity index (χ0v) is 9.66. The molecular weight excluding hydrogens is 206 g/mol. The van der Waals surface area contributed by atoms with Gasteiger partial charge in [0.15, 0.2) is 0 Å². The van der Waals surface area contributed by atoms with Crippen molar-refractivity contribution in [1.82, 2.24) is 10.2 Å². The Kier molecular flexibility index (Phi) is 1.91. The summed E-state index contributed by atoms with van der Waals surface area (Å²) < 4.78 is 1.32.